The molecule has 1 unspecified atom stereocenters. The van der Waals surface area contributed by atoms with E-state index < -0.39 is 32.6 Å². The number of benzene rings is 1. The van der Waals surface area contributed by atoms with Crippen LogP contribution in [-0.2, 0) is 10.0 Å². The first-order valence-electron chi connectivity index (χ1n) is 4.23. The van der Waals surface area contributed by atoms with Gasteiger partial charge in [0.05, 0.1) is 11.8 Å². The van der Waals surface area contributed by atoms with Crippen molar-refractivity contribution in [2.75, 3.05) is 4.72 Å². The van der Waals surface area contributed by atoms with Crippen molar-refractivity contribution < 1.29 is 17.2 Å². The number of halogens is 2. The molecule has 0 fully saturated rings. The van der Waals surface area contributed by atoms with Gasteiger partial charge in [0.1, 0.15) is 11.6 Å². The van der Waals surface area contributed by atoms with E-state index in [1.165, 1.54) is 6.07 Å². The van der Waals surface area contributed by atoms with Crippen LogP contribution in [0.4, 0.5) is 14.5 Å². The number of rotatable bonds is 3. The van der Waals surface area contributed by atoms with Crippen LogP contribution in [0.3, 0.4) is 0 Å². The summed E-state index contributed by atoms with van der Waals surface area (Å²) in [6, 6.07) is 3.86. The average molecular weight is 246 g/mol. The third-order valence-electron chi connectivity index (χ3n) is 1.83. The molecule has 16 heavy (non-hydrogen) atoms. The first-order chi connectivity index (χ1) is 7.36. The summed E-state index contributed by atoms with van der Waals surface area (Å²) < 4.78 is 50.4. The van der Waals surface area contributed by atoms with Crippen LogP contribution in [0.5, 0.6) is 0 Å². The van der Waals surface area contributed by atoms with Gasteiger partial charge in [0, 0.05) is 6.07 Å². The van der Waals surface area contributed by atoms with Crippen molar-refractivity contribution in [3.05, 3.63) is 29.8 Å². The summed E-state index contributed by atoms with van der Waals surface area (Å²) in [6.07, 6.45) is 0. The van der Waals surface area contributed by atoms with E-state index in [0.717, 1.165) is 19.1 Å². The van der Waals surface area contributed by atoms with Gasteiger partial charge in [0.25, 0.3) is 0 Å². The van der Waals surface area contributed by atoms with Crippen molar-refractivity contribution in [1.82, 2.24) is 0 Å². The first-order valence-corrected chi connectivity index (χ1v) is 5.78. The van der Waals surface area contributed by atoms with Crippen molar-refractivity contribution >= 4 is 15.7 Å². The molecule has 4 nitrogen and oxygen atoms in total. The lowest BCUT2D eigenvalue weighted by Gasteiger charge is -2.09. The summed E-state index contributed by atoms with van der Waals surface area (Å²) >= 11 is 0. The molecule has 86 valence electrons. The highest BCUT2D eigenvalue weighted by Gasteiger charge is 2.21. The highest BCUT2D eigenvalue weighted by atomic mass is 32.2. The first kappa shape index (κ1) is 12.4. The van der Waals surface area contributed by atoms with Gasteiger partial charge in [0.15, 0.2) is 5.25 Å². The Morgan fingerprint density at radius 1 is 1.44 bits per heavy atom. The molecule has 1 aromatic rings. The molecule has 0 aliphatic carbocycles. The molecule has 0 radical (unpaired) electrons. The van der Waals surface area contributed by atoms with Crippen LogP contribution >= 0.6 is 0 Å². The molecule has 0 aliphatic rings. The topological polar surface area (TPSA) is 70.0 Å². The van der Waals surface area contributed by atoms with E-state index in [0.29, 0.717) is 6.07 Å². The molecular weight excluding hydrogens is 238 g/mol. The smallest absolute Gasteiger partial charge is 0.248 e. The average Bonchev–Trinajstić information content (AvgIpc) is 2.22. The minimum absolute atomic E-state index is 0.512. The lowest BCUT2D eigenvalue weighted by Crippen LogP contribution is -2.24. The minimum Gasteiger partial charge on any atom is -0.279 e. The van der Waals surface area contributed by atoms with Crippen molar-refractivity contribution in [3.63, 3.8) is 0 Å². The second-order valence-corrected chi connectivity index (χ2v) is 5.04. The van der Waals surface area contributed by atoms with Crippen molar-refractivity contribution in [2.45, 2.75) is 12.2 Å². The van der Waals surface area contributed by atoms with E-state index in [-0.39, 0.29) is 0 Å². The lowest BCUT2D eigenvalue weighted by molar-refractivity contribution is 0.591. The molecule has 1 atom stereocenters. The molecule has 0 aromatic heterocycles. The molecule has 0 aliphatic heterocycles. The third-order valence-corrected chi connectivity index (χ3v) is 3.37. The molecule has 0 spiro atoms. The summed E-state index contributed by atoms with van der Waals surface area (Å²) in [5, 5.41) is 7.08. The van der Waals surface area contributed by atoms with Gasteiger partial charge in [-0.15, -0.1) is 0 Å². The fraction of sp³-hybridized carbons (Fsp3) is 0.222. The third kappa shape index (κ3) is 2.67. The fourth-order valence-corrected chi connectivity index (χ4v) is 1.67. The Bertz CT molecular complexity index is 537. The van der Waals surface area contributed by atoms with Crippen LogP contribution in [0.25, 0.3) is 0 Å². The second-order valence-electron chi connectivity index (χ2n) is 3.04. The van der Waals surface area contributed by atoms with Gasteiger partial charge in [-0.05, 0) is 19.1 Å². The Morgan fingerprint density at radius 2 is 2.06 bits per heavy atom. The van der Waals surface area contributed by atoms with Crippen LogP contribution in [0.15, 0.2) is 18.2 Å². The molecule has 1 rings (SSSR count). The molecule has 0 saturated carbocycles. The molecule has 0 amide bonds. The SMILES string of the molecule is CC(C#N)S(=O)(=O)Nc1cc(F)ccc1F. The Labute approximate surface area is 91.6 Å². The Balaban J connectivity index is 3.07. The zero-order valence-electron chi connectivity index (χ0n) is 8.24. The van der Waals surface area contributed by atoms with E-state index in [2.05, 4.69) is 0 Å². The molecule has 0 heterocycles. The predicted molar refractivity (Wildman–Crippen MR) is 54.0 cm³/mol. The van der Waals surface area contributed by atoms with Crippen LogP contribution < -0.4 is 4.72 Å². The van der Waals surface area contributed by atoms with Crippen molar-refractivity contribution in [1.29, 1.82) is 5.26 Å². The van der Waals surface area contributed by atoms with Gasteiger partial charge in [-0.1, -0.05) is 0 Å². The van der Waals surface area contributed by atoms with E-state index in [1.807, 2.05) is 4.72 Å². The second kappa shape index (κ2) is 4.45. The van der Waals surface area contributed by atoms with Gasteiger partial charge in [0.2, 0.25) is 10.0 Å². The Morgan fingerprint density at radius 3 is 2.62 bits per heavy atom. The van der Waals surface area contributed by atoms with Gasteiger partial charge in [-0.25, -0.2) is 17.2 Å². The van der Waals surface area contributed by atoms with Crippen LogP contribution in [0.1, 0.15) is 6.92 Å². The zero-order valence-corrected chi connectivity index (χ0v) is 9.05. The number of anilines is 1. The van der Waals surface area contributed by atoms with Gasteiger partial charge in [-0.3, -0.25) is 4.72 Å². The number of nitrogens with one attached hydrogen (secondary N) is 1. The number of nitrogens with zero attached hydrogens (tertiary/aromatic N) is 1. The van der Waals surface area contributed by atoms with Crippen LogP contribution in [-0.4, -0.2) is 13.7 Å². The van der Waals surface area contributed by atoms with E-state index in [4.69, 9.17) is 5.26 Å². The molecule has 0 saturated heterocycles. The highest BCUT2D eigenvalue weighted by molar-refractivity contribution is 7.93. The Hall–Kier alpha value is -1.68. The van der Waals surface area contributed by atoms with E-state index in [9.17, 15) is 17.2 Å². The summed E-state index contributed by atoms with van der Waals surface area (Å²) in [7, 11) is -4.02. The van der Waals surface area contributed by atoms with Crippen molar-refractivity contribution in [2.24, 2.45) is 0 Å². The maximum atomic E-state index is 13.1. The zero-order chi connectivity index (χ0) is 12.3. The fourth-order valence-electron chi connectivity index (χ4n) is 0.887. The summed E-state index contributed by atoms with van der Waals surface area (Å²) in [4.78, 5) is 0. The summed E-state index contributed by atoms with van der Waals surface area (Å²) in [5.74, 6) is -1.68. The molecule has 1 N–H and O–H groups in total. The number of sulfonamides is 1. The van der Waals surface area contributed by atoms with Gasteiger partial charge in [-0.2, -0.15) is 5.26 Å². The van der Waals surface area contributed by atoms with Gasteiger partial charge >= 0.3 is 0 Å². The maximum absolute atomic E-state index is 13.1. The molecule has 1 aromatic carbocycles. The lowest BCUT2D eigenvalue weighted by atomic mass is 10.3. The number of hydrogen-bond acceptors (Lipinski definition) is 3. The number of nitriles is 1. The molecule has 7 heteroatoms. The van der Waals surface area contributed by atoms with Crippen LogP contribution in [0, 0.1) is 23.0 Å². The predicted octanol–water partition coefficient (Wildman–Crippen LogP) is 1.62. The Kier molecular flexibility index (Phi) is 3.44. The quantitative estimate of drug-likeness (QED) is 0.880. The molecule has 0 bridgehead atoms. The monoisotopic (exact) mass is 246 g/mol. The van der Waals surface area contributed by atoms with Crippen molar-refractivity contribution in [3.8, 4) is 6.07 Å². The number of hydrogen-bond donors (Lipinski definition) is 1. The van der Waals surface area contributed by atoms with E-state index in [1.54, 1.807) is 0 Å². The standard InChI is InChI=1S/C9H8F2N2O2S/c1-6(5-12)16(14,15)13-9-4-7(10)2-3-8(9)11/h2-4,6,13H,1H3. The summed E-state index contributed by atoms with van der Waals surface area (Å²) in [5.41, 5.74) is -0.512. The largest absolute Gasteiger partial charge is 0.279 e. The summed E-state index contributed by atoms with van der Waals surface area (Å²) in [6.45, 7) is 1.14. The normalized spacial score (nSPS) is 12.9. The highest BCUT2D eigenvalue weighted by Crippen LogP contribution is 2.17. The molecular formula is C9H8F2N2O2S. The van der Waals surface area contributed by atoms with Crippen LogP contribution in [0.2, 0.25) is 0 Å². The maximum Gasteiger partial charge on any atom is 0.248 e. The van der Waals surface area contributed by atoms with Gasteiger partial charge < -0.3 is 0 Å². The van der Waals surface area contributed by atoms with E-state index >= 15 is 0 Å². The minimum atomic E-state index is -4.02.